The molecular formula is C21H15ClN6O2. The molecule has 2 aromatic carbocycles. The molecule has 30 heavy (non-hydrogen) atoms. The highest BCUT2D eigenvalue weighted by atomic mass is 35.5. The van der Waals surface area contributed by atoms with Gasteiger partial charge in [-0.3, -0.25) is 4.79 Å². The van der Waals surface area contributed by atoms with Crippen LogP contribution in [0.5, 0.6) is 5.75 Å². The lowest BCUT2D eigenvalue weighted by atomic mass is 10.3. The van der Waals surface area contributed by atoms with E-state index in [0.29, 0.717) is 16.5 Å². The fourth-order valence-electron chi connectivity index (χ4n) is 2.78. The summed E-state index contributed by atoms with van der Waals surface area (Å²) in [5, 5.41) is 21.1. The Kier molecular flexibility index (Phi) is 5.46. The van der Waals surface area contributed by atoms with Crippen LogP contribution in [-0.4, -0.2) is 25.5 Å². The van der Waals surface area contributed by atoms with Gasteiger partial charge in [0.05, 0.1) is 11.9 Å². The summed E-state index contributed by atoms with van der Waals surface area (Å²) in [5.74, 6) is 0.427. The van der Waals surface area contributed by atoms with Crippen molar-refractivity contribution < 1.29 is 9.53 Å². The summed E-state index contributed by atoms with van der Waals surface area (Å²) in [4.78, 5) is 12.9. The maximum Gasteiger partial charge on any atom is 0.275 e. The summed E-state index contributed by atoms with van der Waals surface area (Å²) < 4.78 is 8.58. The van der Waals surface area contributed by atoms with Crippen LogP contribution in [0.1, 0.15) is 16.1 Å². The zero-order valence-corrected chi connectivity index (χ0v) is 16.3. The smallest absolute Gasteiger partial charge is 0.275 e. The molecule has 0 aliphatic rings. The van der Waals surface area contributed by atoms with Crippen molar-refractivity contribution in [2.75, 3.05) is 5.32 Å². The van der Waals surface area contributed by atoms with Gasteiger partial charge in [0, 0.05) is 11.2 Å². The molecule has 0 fully saturated rings. The minimum absolute atomic E-state index is 0.0282. The quantitative estimate of drug-likeness (QED) is 0.512. The maximum absolute atomic E-state index is 12.9. The number of nitrogens with one attached hydrogen (secondary N) is 1. The highest BCUT2D eigenvalue weighted by Gasteiger charge is 2.19. The van der Waals surface area contributed by atoms with Gasteiger partial charge in [0.2, 0.25) is 0 Å². The fourth-order valence-corrected chi connectivity index (χ4v) is 2.91. The molecule has 1 amide bonds. The molecule has 0 saturated heterocycles. The first kappa shape index (κ1) is 19.2. The third kappa shape index (κ3) is 4.01. The molecule has 0 radical (unpaired) electrons. The molecule has 0 aliphatic carbocycles. The zero-order valence-electron chi connectivity index (χ0n) is 15.6. The Labute approximate surface area is 176 Å². The van der Waals surface area contributed by atoms with E-state index in [2.05, 4.69) is 15.5 Å². The summed E-state index contributed by atoms with van der Waals surface area (Å²) in [5.41, 5.74) is 1.23. The number of aromatic nitrogens is 4. The Bertz CT molecular complexity index is 1210. The maximum atomic E-state index is 12.9. The van der Waals surface area contributed by atoms with Crippen LogP contribution in [0.25, 0.3) is 5.69 Å². The lowest BCUT2D eigenvalue weighted by Crippen LogP contribution is -2.21. The van der Waals surface area contributed by atoms with E-state index in [0.717, 1.165) is 0 Å². The lowest BCUT2D eigenvalue weighted by molar-refractivity contribution is 0.100. The van der Waals surface area contributed by atoms with Crippen molar-refractivity contribution in [2.24, 2.45) is 0 Å². The van der Waals surface area contributed by atoms with Crippen LogP contribution in [0.4, 0.5) is 5.82 Å². The van der Waals surface area contributed by atoms with E-state index in [9.17, 15) is 10.1 Å². The summed E-state index contributed by atoms with van der Waals surface area (Å²) in [7, 11) is 0. The third-order valence-corrected chi connectivity index (χ3v) is 4.49. The summed E-state index contributed by atoms with van der Waals surface area (Å²) in [6.07, 6.45) is 2.91. The van der Waals surface area contributed by atoms with Crippen molar-refractivity contribution in [3.63, 3.8) is 0 Å². The Morgan fingerprint density at radius 2 is 1.87 bits per heavy atom. The Morgan fingerprint density at radius 1 is 1.10 bits per heavy atom. The molecule has 2 aromatic heterocycles. The van der Waals surface area contributed by atoms with E-state index in [-0.39, 0.29) is 23.8 Å². The summed E-state index contributed by atoms with van der Waals surface area (Å²) in [6.45, 7) is 0.0282. The lowest BCUT2D eigenvalue weighted by Gasteiger charge is -2.12. The number of rotatable bonds is 6. The highest BCUT2D eigenvalue weighted by Crippen LogP contribution is 2.21. The summed E-state index contributed by atoms with van der Waals surface area (Å²) in [6, 6.07) is 19.7. The highest BCUT2D eigenvalue weighted by molar-refractivity contribution is 6.30. The molecule has 9 heteroatoms. The predicted molar refractivity (Wildman–Crippen MR) is 111 cm³/mol. The number of nitrogens with zero attached hydrogens (tertiary/aromatic N) is 5. The van der Waals surface area contributed by atoms with E-state index >= 15 is 0 Å². The molecule has 0 saturated carbocycles. The molecule has 0 aliphatic heterocycles. The van der Waals surface area contributed by atoms with E-state index in [4.69, 9.17) is 16.3 Å². The number of hydrogen-bond donors (Lipinski definition) is 1. The zero-order chi connectivity index (χ0) is 20.9. The minimum atomic E-state index is -0.443. The van der Waals surface area contributed by atoms with Crippen molar-refractivity contribution >= 4 is 23.3 Å². The third-order valence-electron chi connectivity index (χ3n) is 4.24. The van der Waals surface area contributed by atoms with Crippen LogP contribution in [0.3, 0.4) is 0 Å². The standard InChI is InChI=1S/C21H15ClN6O2/c22-16-6-8-18(9-7-16)30-14-27-19(10-11-24-27)21(29)26-20-15(12-23)13-25-28(20)17-4-2-1-3-5-17/h1-11,13H,14H2,(H,26,29). The van der Waals surface area contributed by atoms with Crippen LogP contribution in [0, 0.1) is 11.3 Å². The second kappa shape index (κ2) is 8.51. The number of para-hydroxylation sites is 1. The van der Waals surface area contributed by atoms with Gasteiger partial charge in [0.15, 0.2) is 12.5 Å². The molecule has 148 valence electrons. The molecule has 4 rings (SSSR count). The number of nitriles is 1. The Hall–Kier alpha value is -4.09. The Balaban J connectivity index is 1.54. The molecule has 0 spiro atoms. The first-order valence-electron chi connectivity index (χ1n) is 8.91. The van der Waals surface area contributed by atoms with Gasteiger partial charge in [0.1, 0.15) is 23.1 Å². The van der Waals surface area contributed by atoms with Gasteiger partial charge in [0.25, 0.3) is 5.91 Å². The number of ether oxygens (including phenoxy) is 1. The van der Waals surface area contributed by atoms with Crippen molar-refractivity contribution in [2.45, 2.75) is 6.73 Å². The largest absolute Gasteiger partial charge is 0.471 e. The van der Waals surface area contributed by atoms with E-state index < -0.39 is 5.91 Å². The van der Waals surface area contributed by atoms with Gasteiger partial charge < -0.3 is 10.1 Å². The van der Waals surface area contributed by atoms with E-state index in [1.54, 1.807) is 30.3 Å². The average molecular weight is 419 g/mol. The number of hydrogen-bond acceptors (Lipinski definition) is 5. The van der Waals surface area contributed by atoms with Crippen molar-refractivity contribution in [1.82, 2.24) is 19.6 Å². The first-order chi connectivity index (χ1) is 14.7. The number of amides is 1. The minimum Gasteiger partial charge on any atom is -0.471 e. The number of carbonyl (C=O) groups is 1. The second-order valence-corrected chi connectivity index (χ2v) is 6.60. The fraction of sp³-hybridized carbons (Fsp3) is 0.0476. The van der Waals surface area contributed by atoms with Crippen LogP contribution in [0.15, 0.2) is 73.1 Å². The van der Waals surface area contributed by atoms with Crippen molar-refractivity contribution in [1.29, 1.82) is 5.26 Å². The van der Waals surface area contributed by atoms with E-state index in [1.165, 1.54) is 21.8 Å². The van der Waals surface area contributed by atoms with Gasteiger partial charge in [-0.25, -0.2) is 9.36 Å². The van der Waals surface area contributed by atoms with Crippen LogP contribution in [0.2, 0.25) is 5.02 Å². The van der Waals surface area contributed by atoms with Gasteiger partial charge in [-0.1, -0.05) is 29.8 Å². The molecule has 4 aromatic rings. The topological polar surface area (TPSA) is 97.8 Å². The number of benzene rings is 2. The molecule has 1 N–H and O–H groups in total. The second-order valence-electron chi connectivity index (χ2n) is 6.16. The first-order valence-corrected chi connectivity index (χ1v) is 9.28. The number of halogens is 1. The monoisotopic (exact) mass is 418 g/mol. The molecule has 8 nitrogen and oxygen atoms in total. The van der Waals surface area contributed by atoms with Gasteiger partial charge >= 0.3 is 0 Å². The SMILES string of the molecule is N#Cc1cnn(-c2ccccc2)c1NC(=O)c1ccnn1COc1ccc(Cl)cc1. The molecule has 0 atom stereocenters. The number of anilines is 1. The van der Waals surface area contributed by atoms with Gasteiger partial charge in [-0.15, -0.1) is 0 Å². The van der Waals surface area contributed by atoms with E-state index in [1.807, 2.05) is 36.4 Å². The predicted octanol–water partition coefficient (Wildman–Crippen LogP) is 3.88. The number of carbonyl (C=O) groups excluding carboxylic acids is 1. The molecule has 0 unspecified atom stereocenters. The van der Waals surface area contributed by atoms with Gasteiger partial charge in [-0.05, 0) is 42.5 Å². The van der Waals surface area contributed by atoms with Crippen molar-refractivity contribution in [3.05, 3.63) is 89.3 Å². The molecule has 0 bridgehead atoms. The molecule has 2 heterocycles. The average Bonchev–Trinajstić information content (AvgIpc) is 3.41. The normalized spacial score (nSPS) is 10.4. The van der Waals surface area contributed by atoms with Crippen LogP contribution >= 0.6 is 11.6 Å². The summed E-state index contributed by atoms with van der Waals surface area (Å²) >= 11 is 5.87. The van der Waals surface area contributed by atoms with Crippen LogP contribution < -0.4 is 10.1 Å². The molecular weight excluding hydrogens is 404 g/mol. The Morgan fingerprint density at radius 3 is 2.60 bits per heavy atom. The van der Waals surface area contributed by atoms with Crippen LogP contribution in [-0.2, 0) is 6.73 Å². The van der Waals surface area contributed by atoms with Crippen molar-refractivity contribution in [3.8, 4) is 17.5 Å². The van der Waals surface area contributed by atoms with Gasteiger partial charge in [-0.2, -0.15) is 15.5 Å².